The molecule has 0 saturated carbocycles. The zero-order chi connectivity index (χ0) is 33.4. The van der Waals surface area contributed by atoms with E-state index in [1.165, 1.54) is 15.9 Å². The van der Waals surface area contributed by atoms with Gasteiger partial charge in [-0.25, -0.2) is 19.0 Å². The van der Waals surface area contributed by atoms with Gasteiger partial charge in [-0.3, -0.25) is 19.2 Å². The van der Waals surface area contributed by atoms with E-state index in [0.29, 0.717) is 10.9 Å². The number of rotatable bonds is 11. The number of halogens is 1. The number of carboxylic acid groups (broad SMARTS) is 1. The van der Waals surface area contributed by atoms with Crippen LogP contribution in [0.5, 0.6) is 5.75 Å². The molecule has 15 nitrogen and oxygen atoms in total. The molecule has 2 aliphatic heterocycles. The van der Waals surface area contributed by atoms with Crippen molar-refractivity contribution in [1.29, 1.82) is 0 Å². The van der Waals surface area contributed by atoms with Crippen LogP contribution >= 0.6 is 0 Å². The number of likely N-dealkylation sites (tertiary alicyclic amines) is 1. The number of nitrogens with zero attached hydrogens (tertiary/aromatic N) is 4. The van der Waals surface area contributed by atoms with Gasteiger partial charge in [-0.2, -0.15) is 0 Å². The normalized spacial score (nSPS) is 18.5. The van der Waals surface area contributed by atoms with Gasteiger partial charge in [0, 0.05) is 50.5 Å². The summed E-state index contributed by atoms with van der Waals surface area (Å²) in [5.74, 6) is -3.77. The molecule has 1 aromatic heterocycles. The number of amides is 4. The zero-order valence-corrected chi connectivity index (χ0v) is 25.5. The molecule has 0 bridgehead atoms. The largest absolute Gasteiger partial charge is 0.483 e. The molecule has 0 spiro atoms. The Kier molecular flexibility index (Phi) is 11.3. The second-order valence-corrected chi connectivity index (χ2v) is 10.7. The van der Waals surface area contributed by atoms with Crippen molar-refractivity contribution in [1.82, 2.24) is 25.0 Å². The molecule has 3 heterocycles. The number of carbonyl (C=O) groups excluding carboxylic acids is 5. The lowest BCUT2D eigenvalue weighted by molar-refractivity contribution is -0.151. The van der Waals surface area contributed by atoms with E-state index in [9.17, 15) is 38.3 Å². The number of aromatic nitrogens is 1. The van der Waals surface area contributed by atoms with E-state index in [-0.39, 0.29) is 63.6 Å². The van der Waals surface area contributed by atoms with Crippen molar-refractivity contribution >= 4 is 46.7 Å². The van der Waals surface area contributed by atoms with E-state index in [2.05, 4.69) is 10.3 Å². The fraction of sp³-hybridized carbons (Fsp3) is 0.500. The zero-order valence-electron chi connectivity index (χ0n) is 25.5. The molecule has 2 aliphatic rings. The summed E-state index contributed by atoms with van der Waals surface area (Å²) in [5.41, 5.74) is 0.164. The summed E-state index contributed by atoms with van der Waals surface area (Å²) in [6.45, 7) is 1.76. The van der Waals surface area contributed by atoms with Crippen LogP contribution in [0, 0.1) is 0 Å². The number of pyridine rings is 1. The van der Waals surface area contributed by atoms with Gasteiger partial charge < -0.3 is 39.3 Å². The van der Waals surface area contributed by atoms with Gasteiger partial charge in [0.25, 0.3) is 11.8 Å². The quantitative estimate of drug-likeness (QED) is 0.332. The van der Waals surface area contributed by atoms with Crippen molar-refractivity contribution in [2.75, 3.05) is 53.0 Å². The monoisotopic (exact) mass is 645 g/mol. The summed E-state index contributed by atoms with van der Waals surface area (Å²) < 4.78 is 29.5. The number of aliphatic carboxylic acids is 1. The number of methoxy groups -OCH3 is 1. The van der Waals surface area contributed by atoms with E-state index >= 15 is 0 Å². The molecule has 3 atom stereocenters. The molecule has 4 amide bonds. The van der Waals surface area contributed by atoms with Gasteiger partial charge in [0.1, 0.15) is 29.7 Å². The second-order valence-electron chi connectivity index (χ2n) is 10.7. The fourth-order valence-corrected chi connectivity index (χ4v) is 5.32. The van der Waals surface area contributed by atoms with Gasteiger partial charge in [-0.05, 0) is 25.5 Å². The third-order valence-electron chi connectivity index (χ3n) is 7.67. The summed E-state index contributed by atoms with van der Waals surface area (Å²) >= 11 is 0. The van der Waals surface area contributed by atoms with Crippen LogP contribution in [0.1, 0.15) is 36.7 Å². The number of ether oxygens (including phenoxy) is 3. The number of hydrogen-bond acceptors (Lipinski definition) is 10. The highest BCUT2D eigenvalue weighted by Crippen LogP contribution is 2.27. The lowest BCUT2D eigenvalue weighted by Gasteiger charge is -2.35. The molecule has 2 fully saturated rings. The number of benzene rings is 1. The summed E-state index contributed by atoms with van der Waals surface area (Å²) in [6.07, 6.45) is -2.68. The number of carboxylic acids is 1. The van der Waals surface area contributed by atoms with Crippen LogP contribution < -0.4 is 10.1 Å². The maximum Gasteiger partial charge on any atom is 0.409 e. The van der Waals surface area contributed by atoms with Crippen LogP contribution in [0.25, 0.3) is 10.9 Å². The van der Waals surface area contributed by atoms with Crippen LogP contribution in [0.4, 0.5) is 9.18 Å². The molecule has 2 saturated heterocycles. The third kappa shape index (κ3) is 8.17. The van der Waals surface area contributed by atoms with E-state index in [1.807, 2.05) is 0 Å². The lowest BCUT2D eigenvalue weighted by atomic mass is 10.1. The molecular formula is C30H36FN5O10. The van der Waals surface area contributed by atoms with Crippen molar-refractivity contribution < 1.29 is 52.5 Å². The van der Waals surface area contributed by atoms with Crippen LogP contribution in [-0.2, 0) is 28.7 Å². The smallest absolute Gasteiger partial charge is 0.409 e. The summed E-state index contributed by atoms with van der Waals surface area (Å²) in [5, 5.41) is 12.3. The van der Waals surface area contributed by atoms with Crippen LogP contribution in [0.3, 0.4) is 0 Å². The Balaban J connectivity index is 1.50. The topological polar surface area (TPSA) is 185 Å². The van der Waals surface area contributed by atoms with Gasteiger partial charge in [-0.15, -0.1) is 0 Å². The highest BCUT2D eigenvalue weighted by molar-refractivity contribution is 5.99. The summed E-state index contributed by atoms with van der Waals surface area (Å²) in [7, 11) is 1.15. The molecule has 16 heteroatoms. The number of nitrogens with one attached hydrogen (secondary N) is 1. The van der Waals surface area contributed by atoms with Gasteiger partial charge >= 0.3 is 18.0 Å². The summed E-state index contributed by atoms with van der Waals surface area (Å²) in [4.78, 5) is 83.6. The Hall–Kier alpha value is -5.02. The molecule has 2 N–H and O–H groups in total. The van der Waals surface area contributed by atoms with E-state index in [1.54, 1.807) is 31.2 Å². The SMILES string of the molecule is CCOC(=O)N1CCN(C(=O)[C@H](CCC(=O)O)NC(=O)c2cc(OCC(=O)N3C[C@H](F)C[C@H]3C(=O)OC)c3ccccc3n2)CC1. The van der Waals surface area contributed by atoms with Crippen LogP contribution in [0.2, 0.25) is 0 Å². The molecular weight excluding hydrogens is 609 g/mol. The molecule has 2 aromatic rings. The van der Waals surface area contributed by atoms with E-state index < -0.39 is 67.0 Å². The number of carbonyl (C=O) groups is 6. The van der Waals surface area contributed by atoms with Crippen molar-refractivity contribution in [3.8, 4) is 5.75 Å². The third-order valence-corrected chi connectivity index (χ3v) is 7.67. The lowest BCUT2D eigenvalue weighted by Crippen LogP contribution is -2.56. The van der Waals surface area contributed by atoms with Crippen molar-refractivity contribution in [3.63, 3.8) is 0 Å². The summed E-state index contributed by atoms with van der Waals surface area (Å²) in [6, 6.07) is 5.62. The number of fused-ring (bicyclic) bond motifs is 1. The van der Waals surface area contributed by atoms with Crippen molar-refractivity contribution in [3.05, 3.63) is 36.0 Å². The minimum Gasteiger partial charge on any atom is -0.483 e. The number of piperazine rings is 1. The average Bonchev–Trinajstić information content (AvgIpc) is 3.46. The van der Waals surface area contributed by atoms with Crippen LogP contribution in [-0.4, -0.2) is 132 Å². The number of alkyl halides is 1. The Bertz CT molecular complexity index is 1480. The molecule has 4 rings (SSSR count). The first-order chi connectivity index (χ1) is 22.0. The first-order valence-electron chi connectivity index (χ1n) is 14.8. The molecule has 1 aromatic carbocycles. The number of hydrogen-bond donors (Lipinski definition) is 2. The highest BCUT2D eigenvalue weighted by Gasteiger charge is 2.40. The number of esters is 1. The van der Waals surface area contributed by atoms with Crippen molar-refractivity contribution in [2.45, 2.75) is 44.4 Å². The Labute approximate surface area is 263 Å². The van der Waals surface area contributed by atoms with Gasteiger partial charge in [0.2, 0.25) is 5.91 Å². The fourth-order valence-electron chi connectivity index (χ4n) is 5.32. The Morgan fingerprint density at radius 1 is 1.09 bits per heavy atom. The molecule has 46 heavy (non-hydrogen) atoms. The predicted molar refractivity (Wildman–Crippen MR) is 158 cm³/mol. The first-order valence-corrected chi connectivity index (χ1v) is 14.8. The first kappa shape index (κ1) is 33.9. The van der Waals surface area contributed by atoms with Gasteiger partial charge in [0.15, 0.2) is 6.61 Å². The molecule has 0 unspecified atom stereocenters. The van der Waals surface area contributed by atoms with Gasteiger partial charge in [-0.1, -0.05) is 12.1 Å². The maximum absolute atomic E-state index is 14.1. The minimum atomic E-state index is -1.40. The Morgan fingerprint density at radius 2 is 1.78 bits per heavy atom. The molecule has 0 radical (unpaired) electrons. The maximum atomic E-state index is 14.1. The molecule has 248 valence electrons. The van der Waals surface area contributed by atoms with Gasteiger partial charge in [0.05, 0.1) is 25.8 Å². The van der Waals surface area contributed by atoms with E-state index in [0.717, 1.165) is 12.0 Å². The number of para-hydroxylation sites is 1. The molecule has 0 aliphatic carbocycles. The van der Waals surface area contributed by atoms with E-state index in [4.69, 9.17) is 14.2 Å². The highest BCUT2D eigenvalue weighted by atomic mass is 19.1. The minimum absolute atomic E-state index is 0.0956. The average molecular weight is 646 g/mol. The standard InChI is InChI=1S/C30H36FN5O10/c1-3-45-30(43)35-12-10-34(11-13-35)28(41)21(8-9-26(38)39)33-27(40)22-15-24(19-6-4-5-7-20(19)32-22)46-17-25(37)36-16-18(31)14-23(36)29(42)44-2/h4-7,15,18,21,23H,3,8-14,16-17H2,1-2H3,(H,33,40)(H,38,39)/t18-,21+,23+/m1/s1. The Morgan fingerprint density at radius 3 is 2.46 bits per heavy atom. The van der Waals surface area contributed by atoms with Crippen LogP contribution in [0.15, 0.2) is 30.3 Å². The van der Waals surface area contributed by atoms with Crippen molar-refractivity contribution in [2.24, 2.45) is 0 Å². The predicted octanol–water partition coefficient (Wildman–Crippen LogP) is 0.990. The second kappa shape index (κ2) is 15.3.